The van der Waals surface area contributed by atoms with Gasteiger partial charge in [0, 0.05) is 6.04 Å². The molecule has 0 fully saturated rings. The smallest absolute Gasteiger partial charge is 0.0626 e. The first-order valence-corrected chi connectivity index (χ1v) is 4.66. The second-order valence-electron chi connectivity index (χ2n) is 3.16. The van der Waals surface area contributed by atoms with Gasteiger partial charge < -0.3 is 10.1 Å². The van der Waals surface area contributed by atoms with Gasteiger partial charge in [0.2, 0.25) is 0 Å². The highest BCUT2D eigenvalue weighted by Crippen LogP contribution is 1.96. The maximum Gasteiger partial charge on any atom is 0.0626 e. The van der Waals surface area contributed by atoms with Crippen molar-refractivity contribution >= 4 is 0 Å². The maximum absolute atomic E-state index is 5.50. The second-order valence-corrected chi connectivity index (χ2v) is 3.16. The van der Waals surface area contributed by atoms with E-state index in [4.69, 9.17) is 4.74 Å². The molecular formula is C10H21NO. The van der Waals surface area contributed by atoms with E-state index in [2.05, 4.69) is 32.7 Å². The number of hydrogen-bond donors (Lipinski definition) is 1. The van der Waals surface area contributed by atoms with Crippen LogP contribution in [0.1, 0.15) is 27.2 Å². The van der Waals surface area contributed by atoms with E-state index in [0.717, 1.165) is 19.6 Å². The van der Waals surface area contributed by atoms with Gasteiger partial charge in [0.15, 0.2) is 0 Å². The standard InChI is InChI=1S/C10H21NO/c1-5-7-10(11-6-2)8-12-9(3)4/h5,9-11H,1,6-8H2,2-4H3. The third-order valence-electron chi connectivity index (χ3n) is 1.57. The minimum Gasteiger partial charge on any atom is -0.377 e. The molecule has 0 saturated carbocycles. The van der Waals surface area contributed by atoms with Gasteiger partial charge in [-0.05, 0) is 26.8 Å². The molecular weight excluding hydrogens is 150 g/mol. The van der Waals surface area contributed by atoms with Crippen LogP contribution in [0.15, 0.2) is 12.7 Å². The molecule has 2 nitrogen and oxygen atoms in total. The monoisotopic (exact) mass is 171 g/mol. The van der Waals surface area contributed by atoms with Crippen LogP contribution in [-0.2, 0) is 4.74 Å². The molecule has 0 spiro atoms. The molecule has 12 heavy (non-hydrogen) atoms. The zero-order valence-corrected chi connectivity index (χ0v) is 8.47. The summed E-state index contributed by atoms with van der Waals surface area (Å²) >= 11 is 0. The van der Waals surface area contributed by atoms with Gasteiger partial charge in [-0.3, -0.25) is 0 Å². The Balaban J connectivity index is 3.54. The zero-order valence-electron chi connectivity index (χ0n) is 8.47. The second kappa shape index (κ2) is 7.32. The minimum absolute atomic E-state index is 0.316. The number of hydrogen-bond acceptors (Lipinski definition) is 2. The van der Waals surface area contributed by atoms with Crippen LogP contribution in [0.5, 0.6) is 0 Å². The van der Waals surface area contributed by atoms with E-state index in [9.17, 15) is 0 Å². The summed E-state index contributed by atoms with van der Waals surface area (Å²) in [6.07, 6.45) is 3.22. The molecule has 0 saturated heterocycles. The summed E-state index contributed by atoms with van der Waals surface area (Å²) in [5.74, 6) is 0. The van der Waals surface area contributed by atoms with Crippen molar-refractivity contribution < 1.29 is 4.74 Å². The Morgan fingerprint density at radius 2 is 2.17 bits per heavy atom. The normalized spacial score (nSPS) is 13.3. The first kappa shape index (κ1) is 11.7. The molecule has 0 radical (unpaired) electrons. The fourth-order valence-electron chi connectivity index (χ4n) is 1.01. The van der Waals surface area contributed by atoms with Gasteiger partial charge in [0.1, 0.15) is 0 Å². The molecule has 0 aliphatic heterocycles. The number of likely N-dealkylation sites (N-methyl/N-ethyl adjacent to an activating group) is 1. The van der Waals surface area contributed by atoms with Gasteiger partial charge in [0.05, 0.1) is 12.7 Å². The highest BCUT2D eigenvalue weighted by Gasteiger charge is 2.05. The van der Waals surface area contributed by atoms with Crippen molar-refractivity contribution in [2.45, 2.75) is 39.3 Å². The van der Waals surface area contributed by atoms with Crippen LogP contribution in [0, 0.1) is 0 Å². The molecule has 2 heteroatoms. The molecule has 0 aliphatic rings. The first-order valence-electron chi connectivity index (χ1n) is 4.66. The molecule has 1 atom stereocenters. The van der Waals surface area contributed by atoms with E-state index in [1.165, 1.54) is 0 Å². The van der Waals surface area contributed by atoms with Crippen molar-refractivity contribution in [2.75, 3.05) is 13.2 Å². The van der Waals surface area contributed by atoms with Crippen molar-refractivity contribution in [3.05, 3.63) is 12.7 Å². The minimum atomic E-state index is 0.316. The fraction of sp³-hybridized carbons (Fsp3) is 0.800. The third-order valence-corrected chi connectivity index (χ3v) is 1.57. The van der Waals surface area contributed by atoms with Gasteiger partial charge in [-0.1, -0.05) is 13.0 Å². The average molecular weight is 171 g/mol. The Morgan fingerprint density at radius 1 is 1.50 bits per heavy atom. The van der Waals surface area contributed by atoms with Crippen LogP contribution in [0.25, 0.3) is 0 Å². The molecule has 72 valence electrons. The van der Waals surface area contributed by atoms with E-state index in [1.807, 2.05) is 6.08 Å². The molecule has 0 rings (SSSR count). The first-order chi connectivity index (χ1) is 5.70. The lowest BCUT2D eigenvalue weighted by Gasteiger charge is -2.17. The number of rotatable bonds is 7. The Morgan fingerprint density at radius 3 is 2.58 bits per heavy atom. The van der Waals surface area contributed by atoms with Gasteiger partial charge in [-0.2, -0.15) is 0 Å². The van der Waals surface area contributed by atoms with E-state index in [0.29, 0.717) is 12.1 Å². The molecule has 0 aliphatic carbocycles. The van der Waals surface area contributed by atoms with E-state index >= 15 is 0 Å². The Labute approximate surface area is 76.0 Å². The molecule has 0 aromatic rings. The van der Waals surface area contributed by atoms with Gasteiger partial charge in [-0.25, -0.2) is 0 Å². The average Bonchev–Trinajstić information content (AvgIpc) is 2.01. The highest BCUT2D eigenvalue weighted by molar-refractivity contribution is 4.77. The summed E-state index contributed by atoms with van der Waals surface area (Å²) in [6.45, 7) is 11.7. The summed E-state index contributed by atoms with van der Waals surface area (Å²) in [7, 11) is 0. The summed E-state index contributed by atoms with van der Waals surface area (Å²) in [5, 5.41) is 3.34. The quantitative estimate of drug-likeness (QED) is 0.591. The fourth-order valence-corrected chi connectivity index (χ4v) is 1.01. The maximum atomic E-state index is 5.50. The van der Waals surface area contributed by atoms with Crippen LogP contribution in [-0.4, -0.2) is 25.3 Å². The Hall–Kier alpha value is -0.340. The van der Waals surface area contributed by atoms with Crippen LogP contribution in [0.2, 0.25) is 0 Å². The van der Waals surface area contributed by atoms with Crippen molar-refractivity contribution in [3.63, 3.8) is 0 Å². The largest absolute Gasteiger partial charge is 0.377 e. The van der Waals surface area contributed by atoms with E-state index in [-0.39, 0.29) is 0 Å². The van der Waals surface area contributed by atoms with Gasteiger partial charge >= 0.3 is 0 Å². The highest BCUT2D eigenvalue weighted by atomic mass is 16.5. The van der Waals surface area contributed by atoms with Crippen molar-refractivity contribution in [3.8, 4) is 0 Å². The summed E-state index contributed by atoms with van der Waals surface area (Å²) in [6, 6.07) is 0.426. The number of nitrogens with one attached hydrogen (secondary N) is 1. The Kier molecular flexibility index (Phi) is 7.11. The SMILES string of the molecule is C=CCC(COC(C)C)NCC. The lowest BCUT2D eigenvalue weighted by atomic mass is 10.2. The Bertz CT molecular complexity index is 112. The van der Waals surface area contributed by atoms with E-state index < -0.39 is 0 Å². The number of ether oxygens (including phenoxy) is 1. The summed E-state index contributed by atoms with van der Waals surface area (Å²) < 4.78 is 5.50. The van der Waals surface area contributed by atoms with E-state index in [1.54, 1.807) is 0 Å². The van der Waals surface area contributed by atoms with Crippen LogP contribution < -0.4 is 5.32 Å². The van der Waals surface area contributed by atoms with Crippen LogP contribution >= 0.6 is 0 Å². The summed E-state index contributed by atoms with van der Waals surface area (Å²) in [4.78, 5) is 0. The molecule has 0 aromatic carbocycles. The molecule has 1 unspecified atom stereocenters. The predicted octanol–water partition coefficient (Wildman–Crippen LogP) is 1.97. The van der Waals surface area contributed by atoms with Crippen LogP contribution in [0.4, 0.5) is 0 Å². The van der Waals surface area contributed by atoms with Crippen LogP contribution in [0.3, 0.4) is 0 Å². The van der Waals surface area contributed by atoms with Crippen molar-refractivity contribution in [1.29, 1.82) is 0 Å². The van der Waals surface area contributed by atoms with Gasteiger partial charge in [-0.15, -0.1) is 6.58 Å². The molecule has 0 aromatic heterocycles. The summed E-state index contributed by atoms with van der Waals surface area (Å²) in [5.41, 5.74) is 0. The lowest BCUT2D eigenvalue weighted by molar-refractivity contribution is 0.0621. The topological polar surface area (TPSA) is 21.3 Å². The third kappa shape index (κ3) is 6.38. The molecule has 0 amide bonds. The lowest BCUT2D eigenvalue weighted by Crippen LogP contribution is -2.33. The predicted molar refractivity (Wildman–Crippen MR) is 53.4 cm³/mol. The molecule has 0 bridgehead atoms. The van der Waals surface area contributed by atoms with Crippen molar-refractivity contribution in [2.24, 2.45) is 0 Å². The zero-order chi connectivity index (χ0) is 9.40. The molecule has 1 N–H and O–H groups in total. The van der Waals surface area contributed by atoms with Crippen molar-refractivity contribution in [1.82, 2.24) is 5.32 Å². The molecule has 0 heterocycles. The van der Waals surface area contributed by atoms with Gasteiger partial charge in [0.25, 0.3) is 0 Å².